The van der Waals surface area contributed by atoms with Crippen molar-refractivity contribution in [1.29, 1.82) is 0 Å². The average Bonchev–Trinajstić information content (AvgIpc) is 2.30. The summed E-state index contributed by atoms with van der Waals surface area (Å²) >= 11 is 0. The molecule has 0 aromatic carbocycles. The van der Waals surface area contributed by atoms with Crippen LogP contribution in [0.1, 0.15) is 19.8 Å². The predicted octanol–water partition coefficient (Wildman–Crippen LogP) is 1.17. The first kappa shape index (κ1) is 10.9. The summed E-state index contributed by atoms with van der Waals surface area (Å²) in [4.78, 5) is 21.3. The van der Waals surface area contributed by atoms with Gasteiger partial charge in [-0.25, -0.2) is 9.97 Å². The fourth-order valence-electron chi connectivity index (χ4n) is 2.13. The molecule has 1 fully saturated rings. The first-order valence-corrected chi connectivity index (χ1v) is 5.45. The van der Waals surface area contributed by atoms with Crippen LogP contribution in [0.15, 0.2) is 18.5 Å². The molecule has 0 saturated carbocycles. The molecule has 1 aromatic rings. The van der Waals surface area contributed by atoms with Gasteiger partial charge in [-0.15, -0.1) is 0 Å². The van der Waals surface area contributed by atoms with Crippen LogP contribution < -0.4 is 4.90 Å². The number of hydrogen-bond donors (Lipinski definition) is 1. The van der Waals surface area contributed by atoms with Gasteiger partial charge in [0.2, 0.25) is 5.95 Å². The highest BCUT2D eigenvalue weighted by Gasteiger charge is 2.30. The molecule has 1 N–H and O–H groups in total. The van der Waals surface area contributed by atoms with Crippen molar-refractivity contribution in [3.8, 4) is 0 Å². The van der Waals surface area contributed by atoms with Crippen LogP contribution >= 0.6 is 0 Å². The van der Waals surface area contributed by atoms with E-state index in [-0.39, 0.29) is 12.0 Å². The van der Waals surface area contributed by atoms with E-state index in [0.29, 0.717) is 25.3 Å². The first-order valence-electron chi connectivity index (χ1n) is 5.45. The van der Waals surface area contributed by atoms with Crippen molar-refractivity contribution >= 4 is 11.9 Å². The Labute approximate surface area is 94.1 Å². The lowest BCUT2D eigenvalue weighted by atomic mass is 9.92. The van der Waals surface area contributed by atoms with Gasteiger partial charge in [-0.1, -0.05) is 0 Å². The molecule has 16 heavy (non-hydrogen) atoms. The van der Waals surface area contributed by atoms with Crippen LogP contribution in [0, 0.1) is 5.92 Å². The number of carboxylic acids is 1. The molecule has 0 spiro atoms. The van der Waals surface area contributed by atoms with Gasteiger partial charge in [-0.05, 0) is 25.8 Å². The molecule has 5 nitrogen and oxygen atoms in total. The summed E-state index contributed by atoms with van der Waals surface area (Å²) in [5.41, 5.74) is 0. The van der Waals surface area contributed by atoms with Crippen molar-refractivity contribution in [1.82, 2.24) is 9.97 Å². The van der Waals surface area contributed by atoms with Gasteiger partial charge in [-0.3, -0.25) is 4.79 Å². The second kappa shape index (κ2) is 4.47. The van der Waals surface area contributed by atoms with E-state index in [1.165, 1.54) is 0 Å². The minimum atomic E-state index is -0.694. The zero-order chi connectivity index (χ0) is 11.5. The Balaban J connectivity index is 2.08. The fourth-order valence-corrected chi connectivity index (χ4v) is 2.13. The van der Waals surface area contributed by atoms with Crippen LogP contribution in [0.25, 0.3) is 0 Å². The van der Waals surface area contributed by atoms with Crippen LogP contribution in [0.2, 0.25) is 0 Å². The van der Waals surface area contributed by atoms with E-state index >= 15 is 0 Å². The Bertz CT molecular complexity index is 369. The van der Waals surface area contributed by atoms with E-state index in [1.807, 2.05) is 6.92 Å². The number of aliphatic carboxylic acids is 1. The summed E-state index contributed by atoms with van der Waals surface area (Å²) in [7, 11) is 0. The van der Waals surface area contributed by atoms with Gasteiger partial charge >= 0.3 is 5.97 Å². The zero-order valence-corrected chi connectivity index (χ0v) is 9.21. The molecule has 2 atom stereocenters. The van der Waals surface area contributed by atoms with Crippen molar-refractivity contribution in [2.24, 2.45) is 5.92 Å². The van der Waals surface area contributed by atoms with E-state index in [2.05, 4.69) is 14.9 Å². The highest BCUT2D eigenvalue weighted by atomic mass is 16.4. The second-order valence-electron chi connectivity index (χ2n) is 4.15. The van der Waals surface area contributed by atoms with Crippen molar-refractivity contribution in [3.05, 3.63) is 18.5 Å². The number of rotatable bonds is 2. The van der Waals surface area contributed by atoms with E-state index < -0.39 is 5.97 Å². The van der Waals surface area contributed by atoms with Crippen molar-refractivity contribution < 1.29 is 9.90 Å². The summed E-state index contributed by atoms with van der Waals surface area (Å²) in [5.74, 6) is -0.228. The molecule has 5 heteroatoms. The van der Waals surface area contributed by atoms with Gasteiger partial charge in [0.25, 0.3) is 0 Å². The summed E-state index contributed by atoms with van der Waals surface area (Å²) in [6, 6.07) is 1.95. The average molecular weight is 221 g/mol. The molecular weight excluding hydrogens is 206 g/mol. The number of carboxylic acid groups (broad SMARTS) is 1. The third-order valence-corrected chi connectivity index (χ3v) is 3.03. The van der Waals surface area contributed by atoms with Gasteiger partial charge in [0, 0.05) is 25.0 Å². The SMILES string of the molecule is CC1CC(C(=O)O)CCN1c1ncccn1. The number of piperidine rings is 1. The van der Waals surface area contributed by atoms with Crippen LogP contribution in [0.4, 0.5) is 5.95 Å². The molecule has 0 radical (unpaired) electrons. The van der Waals surface area contributed by atoms with Crippen LogP contribution in [-0.2, 0) is 4.79 Å². The third-order valence-electron chi connectivity index (χ3n) is 3.03. The Morgan fingerprint density at radius 1 is 1.50 bits per heavy atom. The van der Waals surface area contributed by atoms with E-state index in [1.54, 1.807) is 18.5 Å². The zero-order valence-electron chi connectivity index (χ0n) is 9.21. The second-order valence-corrected chi connectivity index (χ2v) is 4.15. The Morgan fingerprint density at radius 3 is 2.75 bits per heavy atom. The standard InChI is InChI=1S/C11H15N3O2/c1-8-7-9(10(15)16)3-6-14(8)11-12-4-2-5-13-11/h2,4-5,8-9H,3,6-7H2,1H3,(H,15,16). The summed E-state index contributed by atoms with van der Waals surface area (Å²) in [6.07, 6.45) is 4.74. The highest BCUT2D eigenvalue weighted by Crippen LogP contribution is 2.25. The number of hydrogen-bond acceptors (Lipinski definition) is 4. The van der Waals surface area contributed by atoms with Crippen LogP contribution in [0.3, 0.4) is 0 Å². The van der Waals surface area contributed by atoms with E-state index in [0.717, 1.165) is 0 Å². The molecule has 1 aliphatic heterocycles. The van der Waals surface area contributed by atoms with Gasteiger partial charge in [-0.2, -0.15) is 0 Å². The van der Waals surface area contributed by atoms with Gasteiger partial charge in [0.1, 0.15) is 0 Å². The van der Waals surface area contributed by atoms with Crippen LogP contribution in [-0.4, -0.2) is 33.6 Å². The molecule has 0 aliphatic carbocycles. The molecule has 2 heterocycles. The van der Waals surface area contributed by atoms with Crippen molar-refractivity contribution in [3.63, 3.8) is 0 Å². The van der Waals surface area contributed by atoms with Crippen molar-refractivity contribution in [2.45, 2.75) is 25.8 Å². The first-order chi connectivity index (χ1) is 7.68. The Morgan fingerprint density at radius 2 is 2.19 bits per heavy atom. The quantitative estimate of drug-likeness (QED) is 0.811. The van der Waals surface area contributed by atoms with Crippen molar-refractivity contribution in [2.75, 3.05) is 11.4 Å². The Hall–Kier alpha value is -1.65. The fraction of sp³-hybridized carbons (Fsp3) is 0.545. The normalized spacial score (nSPS) is 25.4. The molecule has 1 saturated heterocycles. The van der Waals surface area contributed by atoms with Gasteiger partial charge in [0.15, 0.2) is 0 Å². The lowest BCUT2D eigenvalue weighted by Crippen LogP contribution is -2.43. The van der Waals surface area contributed by atoms with Gasteiger partial charge in [0.05, 0.1) is 5.92 Å². The monoisotopic (exact) mass is 221 g/mol. The lowest BCUT2D eigenvalue weighted by Gasteiger charge is -2.36. The molecule has 2 rings (SSSR count). The third kappa shape index (κ3) is 2.13. The molecule has 86 valence electrons. The maximum Gasteiger partial charge on any atom is 0.306 e. The molecular formula is C11H15N3O2. The lowest BCUT2D eigenvalue weighted by molar-refractivity contribution is -0.142. The number of nitrogens with zero attached hydrogens (tertiary/aromatic N) is 3. The summed E-state index contributed by atoms with van der Waals surface area (Å²) < 4.78 is 0. The van der Waals surface area contributed by atoms with Crippen LogP contribution in [0.5, 0.6) is 0 Å². The maximum atomic E-state index is 10.9. The topological polar surface area (TPSA) is 66.3 Å². The largest absolute Gasteiger partial charge is 0.481 e. The molecule has 1 aromatic heterocycles. The van der Waals surface area contributed by atoms with Gasteiger partial charge < -0.3 is 10.0 Å². The number of anilines is 1. The Kier molecular flexibility index (Phi) is 3.03. The summed E-state index contributed by atoms with van der Waals surface area (Å²) in [5, 5.41) is 8.96. The highest BCUT2D eigenvalue weighted by molar-refractivity contribution is 5.70. The minimum Gasteiger partial charge on any atom is -0.481 e. The minimum absolute atomic E-state index is 0.178. The molecule has 0 bridgehead atoms. The summed E-state index contributed by atoms with van der Waals surface area (Å²) in [6.45, 7) is 2.73. The molecule has 2 unspecified atom stereocenters. The van der Waals surface area contributed by atoms with E-state index in [4.69, 9.17) is 5.11 Å². The number of carbonyl (C=O) groups is 1. The molecule has 1 aliphatic rings. The smallest absolute Gasteiger partial charge is 0.306 e. The molecule has 0 amide bonds. The predicted molar refractivity (Wildman–Crippen MR) is 59.2 cm³/mol. The number of aromatic nitrogens is 2. The maximum absolute atomic E-state index is 10.9. The van der Waals surface area contributed by atoms with E-state index in [9.17, 15) is 4.79 Å².